The van der Waals surface area contributed by atoms with Crippen LogP contribution in [0, 0.1) is 0 Å². The standard InChI is InChI=1S/C32H33N3O5S2/c36-32(33-28-19-21-31(22-20-28)41(37,38)34-23-9-1-2-10-24-34)27-17-15-26(16-18-27)25-35(29-11-5-3-6-12-29)42(39,40)30-13-7-4-8-14-30/h3-8,11-22H,1-2,9-10,23-25H2,(H,33,36). The van der Waals surface area contributed by atoms with Gasteiger partial charge in [0.1, 0.15) is 0 Å². The zero-order valence-electron chi connectivity index (χ0n) is 23.1. The van der Waals surface area contributed by atoms with Crippen molar-refractivity contribution in [3.8, 4) is 0 Å². The highest BCUT2D eigenvalue weighted by atomic mass is 32.2. The molecule has 4 aromatic rings. The number of hydrogen-bond acceptors (Lipinski definition) is 5. The molecule has 0 spiro atoms. The largest absolute Gasteiger partial charge is 0.322 e. The van der Waals surface area contributed by atoms with E-state index in [-0.39, 0.29) is 22.2 Å². The first kappa shape index (κ1) is 29.5. The molecule has 0 unspecified atom stereocenters. The fraction of sp³-hybridized carbons (Fsp3) is 0.219. The molecule has 1 amide bonds. The Morgan fingerprint density at radius 1 is 0.667 bits per heavy atom. The molecule has 0 aliphatic carbocycles. The van der Waals surface area contributed by atoms with Gasteiger partial charge in [-0.2, -0.15) is 4.31 Å². The highest BCUT2D eigenvalue weighted by molar-refractivity contribution is 7.92. The van der Waals surface area contributed by atoms with E-state index in [9.17, 15) is 21.6 Å². The van der Waals surface area contributed by atoms with Crippen LogP contribution in [-0.4, -0.2) is 40.1 Å². The van der Waals surface area contributed by atoms with E-state index in [0.29, 0.717) is 35.6 Å². The maximum atomic E-state index is 13.5. The Morgan fingerprint density at radius 3 is 1.83 bits per heavy atom. The van der Waals surface area contributed by atoms with Gasteiger partial charge in [-0.15, -0.1) is 0 Å². The molecule has 1 N–H and O–H groups in total. The predicted octanol–water partition coefficient (Wildman–Crippen LogP) is 5.90. The Kier molecular flexibility index (Phi) is 9.06. The number of carbonyl (C=O) groups is 1. The Labute approximate surface area is 247 Å². The van der Waals surface area contributed by atoms with Gasteiger partial charge in [0.2, 0.25) is 10.0 Å². The molecule has 0 aromatic heterocycles. The molecule has 4 aromatic carbocycles. The number of rotatable bonds is 9. The average Bonchev–Trinajstić information content (AvgIpc) is 3.32. The summed E-state index contributed by atoms with van der Waals surface area (Å²) in [6, 6.07) is 30.1. The van der Waals surface area contributed by atoms with E-state index in [1.54, 1.807) is 95.3 Å². The molecule has 1 aliphatic heterocycles. The lowest BCUT2D eigenvalue weighted by atomic mass is 10.1. The van der Waals surface area contributed by atoms with Crippen LogP contribution in [0.4, 0.5) is 11.4 Å². The minimum absolute atomic E-state index is 0.0795. The number of hydrogen-bond donors (Lipinski definition) is 1. The summed E-state index contributed by atoms with van der Waals surface area (Å²) in [5, 5.41) is 2.80. The van der Waals surface area contributed by atoms with Crippen molar-refractivity contribution in [1.82, 2.24) is 4.31 Å². The molecule has 1 saturated heterocycles. The van der Waals surface area contributed by atoms with Crippen molar-refractivity contribution in [1.29, 1.82) is 0 Å². The minimum Gasteiger partial charge on any atom is -0.322 e. The van der Waals surface area contributed by atoms with Gasteiger partial charge in [0.05, 0.1) is 22.0 Å². The van der Waals surface area contributed by atoms with E-state index in [4.69, 9.17) is 0 Å². The molecule has 42 heavy (non-hydrogen) atoms. The molecule has 0 atom stereocenters. The van der Waals surface area contributed by atoms with Crippen LogP contribution < -0.4 is 9.62 Å². The fourth-order valence-electron chi connectivity index (χ4n) is 4.90. The van der Waals surface area contributed by atoms with E-state index < -0.39 is 20.0 Å². The predicted molar refractivity (Wildman–Crippen MR) is 164 cm³/mol. The molecule has 1 aliphatic rings. The Morgan fingerprint density at radius 2 is 1.24 bits per heavy atom. The third-order valence-electron chi connectivity index (χ3n) is 7.23. The second-order valence-corrected chi connectivity index (χ2v) is 14.0. The normalized spacial score (nSPS) is 14.6. The minimum atomic E-state index is -3.83. The summed E-state index contributed by atoms with van der Waals surface area (Å²) in [4.78, 5) is 13.3. The van der Waals surface area contributed by atoms with Gasteiger partial charge in [-0.25, -0.2) is 16.8 Å². The lowest BCUT2D eigenvalue weighted by Crippen LogP contribution is -2.31. The molecule has 8 nitrogen and oxygen atoms in total. The molecule has 0 bridgehead atoms. The van der Waals surface area contributed by atoms with Crippen LogP contribution in [0.2, 0.25) is 0 Å². The van der Waals surface area contributed by atoms with E-state index in [0.717, 1.165) is 25.7 Å². The third-order valence-corrected chi connectivity index (χ3v) is 10.9. The number of anilines is 2. The SMILES string of the molecule is O=C(Nc1ccc(S(=O)(=O)N2CCCCCC2)cc1)c1ccc(CN(c2ccccc2)S(=O)(=O)c2ccccc2)cc1. The molecule has 0 saturated carbocycles. The van der Waals surface area contributed by atoms with Crippen LogP contribution in [0.25, 0.3) is 0 Å². The smallest absolute Gasteiger partial charge is 0.264 e. The maximum Gasteiger partial charge on any atom is 0.264 e. The zero-order valence-corrected chi connectivity index (χ0v) is 24.7. The van der Waals surface area contributed by atoms with Crippen LogP contribution in [0.3, 0.4) is 0 Å². The van der Waals surface area contributed by atoms with E-state index >= 15 is 0 Å². The van der Waals surface area contributed by atoms with Gasteiger partial charge in [-0.05, 0) is 79.1 Å². The van der Waals surface area contributed by atoms with Crippen LogP contribution in [0.1, 0.15) is 41.6 Å². The fourth-order valence-corrected chi connectivity index (χ4v) is 7.89. The first-order valence-electron chi connectivity index (χ1n) is 13.9. The van der Waals surface area contributed by atoms with Crippen molar-refractivity contribution in [2.75, 3.05) is 22.7 Å². The van der Waals surface area contributed by atoms with Gasteiger partial charge in [0.25, 0.3) is 15.9 Å². The molecule has 0 radical (unpaired) electrons. The van der Waals surface area contributed by atoms with Crippen molar-refractivity contribution in [2.45, 2.75) is 42.0 Å². The van der Waals surface area contributed by atoms with Gasteiger partial charge in [0.15, 0.2) is 0 Å². The summed E-state index contributed by atoms with van der Waals surface area (Å²) in [6.07, 6.45) is 3.80. The molecule has 5 rings (SSSR count). The van der Waals surface area contributed by atoms with Crippen molar-refractivity contribution in [3.63, 3.8) is 0 Å². The summed E-state index contributed by atoms with van der Waals surface area (Å²) in [5.74, 6) is -0.360. The van der Waals surface area contributed by atoms with Gasteiger partial charge in [-0.3, -0.25) is 9.10 Å². The molecule has 218 valence electrons. The maximum absolute atomic E-state index is 13.5. The van der Waals surface area contributed by atoms with Gasteiger partial charge < -0.3 is 5.32 Å². The molecule has 1 heterocycles. The first-order chi connectivity index (χ1) is 20.2. The van der Waals surface area contributed by atoms with Crippen LogP contribution in [-0.2, 0) is 26.6 Å². The van der Waals surface area contributed by atoms with Crippen LogP contribution in [0.15, 0.2) is 119 Å². The highest BCUT2D eigenvalue weighted by Crippen LogP contribution is 2.26. The number of para-hydroxylation sites is 1. The van der Waals surface area contributed by atoms with E-state index in [1.165, 1.54) is 16.4 Å². The number of sulfonamides is 2. The lowest BCUT2D eigenvalue weighted by Gasteiger charge is -2.25. The quantitative estimate of drug-likeness (QED) is 0.257. The first-order valence-corrected chi connectivity index (χ1v) is 16.8. The van der Waals surface area contributed by atoms with E-state index in [2.05, 4.69) is 5.32 Å². The lowest BCUT2D eigenvalue weighted by molar-refractivity contribution is 0.102. The van der Waals surface area contributed by atoms with Crippen LogP contribution >= 0.6 is 0 Å². The van der Waals surface area contributed by atoms with Crippen LogP contribution in [0.5, 0.6) is 0 Å². The number of nitrogens with one attached hydrogen (secondary N) is 1. The highest BCUT2D eigenvalue weighted by Gasteiger charge is 2.26. The Balaban J connectivity index is 1.28. The topological polar surface area (TPSA) is 104 Å². The van der Waals surface area contributed by atoms with Crippen molar-refractivity contribution in [3.05, 3.63) is 120 Å². The summed E-state index contributed by atoms with van der Waals surface area (Å²) in [5.41, 5.74) is 2.10. The summed E-state index contributed by atoms with van der Waals surface area (Å²) >= 11 is 0. The Bertz CT molecular complexity index is 1700. The van der Waals surface area contributed by atoms with E-state index in [1.807, 2.05) is 6.07 Å². The molecule has 1 fully saturated rings. The zero-order chi connectivity index (χ0) is 29.6. The van der Waals surface area contributed by atoms with Gasteiger partial charge in [-0.1, -0.05) is 61.4 Å². The second kappa shape index (κ2) is 12.9. The van der Waals surface area contributed by atoms with Gasteiger partial charge >= 0.3 is 0 Å². The monoisotopic (exact) mass is 603 g/mol. The Hall–Kier alpha value is -3.99. The number of benzene rings is 4. The summed E-state index contributed by atoms with van der Waals surface area (Å²) in [7, 11) is -7.41. The summed E-state index contributed by atoms with van der Waals surface area (Å²) in [6.45, 7) is 1.13. The molecule has 10 heteroatoms. The third kappa shape index (κ3) is 6.73. The number of carbonyl (C=O) groups excluding carboxylic acids is 1. The van der Waals surface area contributed by atoms with Crippen molar-refractivity contribution < 1.29 is 21.6 Å². The van der Waals surface area contributed by atoms with Crippen molar-refractivity contribution >= 4 is 37.3 Å². The van der Waals surface area contributed by atoms with Crippen molar-refractivity contribution in [2.24, 2.45) is 0 Å². The molecular formula is C32H33N3O5S2. The molecular weight excluding hydrogens is 571 g/mol. The average molecular weight is 604 g/mol. The second-order valence-electron chi connectivity index (χ2n) is 10.2. The summed E-state index contributed by atoms with van der Waals surface area (Å²) < 4.78 is 56.0. The number of amides is 1. The number of nitrogens with zero attached hydrogens (tertiary/aromatic N) is 2. The van der Waals surface area contributed by atoms with Gasteiger partial charge in [0, 0.05) is 24.3 Å².